The van der Waals surface area contributed by atoms with Crippen molar-refractivity contribution >= 4 is 18.3 Å². The second kappa shape index (κ2) is 6.76. The van der Waals surface area contributed by atoms with Gasteiger partial charge in [0.05, 0.1) is 0 Å². The Labute approximate surface area is 117 Å². The molecule has 2 fully saturated rings. The van der Waals surface area contributed by atoms with E-state index in [4.69, 9.17) is 0 Å². The summed E-state index contributed by atoms with van der Waals surface area (Å²) in [6.07, 6.45) is 6.67. The highest BCUT2D eigenvalue weighted by molar-refractivity contribution is 5.85. The minimum absolute atomic E-state index is 0. The molecule has 0 spiro atoms. The monoisotopic (exact) mass is 274 g/mol. The Balaban J connectivity index is 0.00000162. The number of carbonyl (C=O) groups excluding carboxylic acids is 1. The van der Waals surface area contributed by atoms with Crippen LogP contribution in [0.1, 0.15) is 52.4 Å². The second-order valence-corrected chi connectivity index (χ2v) is 6.19. The first-order chi connectivity index (χ1) is 8.09. The lowest BCUT2D eigenvalue weighted by Crippen LogP contribution is -2.42. The molecule has 0 unspecified atom stereocenters. The van der Waals surface area contributed by atoms with Crippen LogP contribution in [0, 0.1) is 5.92 Å². The summed E-state index contributed by atoms with van der Waals surface area (Å²) >= 11 is 0. The Morgan fingerprint density at radius 3 is 2.56 bits per heavy atom. The third kappa shape index (κ3) is 3.86. The molecule has 2 aliphatic heterocycles. The van der Waals surface area contributed by atoms with Crippen LogP contribution in [0.25, 0.3) is 0 Å². The van der Waals surface area contributed by atoms with E-state index >= 15 is 0 Å². The summed E-state index contributed by atoms with van der Waals surface area (Å²) in [7, 11) is 0. The van der Waals surface area contributed by atoms with E-state index in [0.717, 1.165) is 44.8 Å². The van der Waals surface area contributed by atoms with Gasteiger partial charge in [-0.25, -0.2) is 0 Å². The van der Waals surface area contributed by atoms with Crippen molar-refractivity contribution in [2.75, 3.05) is 19.6 Å². The summed E-state index contributed by atoms with van der Waals surface area (Å²) in [5, 5.41) is 3.38. The van der Waals surface area contributed by atoms with Gasteiger partial charge in [0.15, 0.2) is 0 Å². The molecule has 1 amide bonds. The fourth-order valence-corrected chi connectivity index (χ4v) is 3.20. The van der Waals surface area contributed by atoms with Gasteiger partial charge in [-0.05, 0) is 65.0 Å². The van der Waals surface area contributed by atoms with Crippen LogP contribution in [0.4, 0.5) is 0 Å². The van der Waals surface area contributed by atoms with Crippen molar-refractivity contribution < 1.29 is 4.79 Å². The van der Waals surface area contributed by atoms with Crippen molar-refractivity contribution in [1.29, 1.82) is 0 Å². The molecule has 0 aromatic carbocycles. The quantitative estimate of drug-likeness (QED) is 0.858. The van der Waals surface area contributed by atoms with Gasteiger partial charge in [0.1, 0.15) is 0 Å². The summed E-state index contributed by atoms with van der Waals surface area (Å²) in [5.74, 6) is 1.15. The zero-order valence-electron chi connectivity index (χ0n) is 11.7. The number of nitrogens with one attached hydrogen (secondary N) is 1. The maximum atomic E-state index is 12.2. The first-order valence-electron chi connectivity index (χ1n) is 7.11. The number of halogens is 1. The van der Waals surface area contributed by atoms with Crippen molar-refractivity contribution in [3.8, 4) is 0 Å². The van der Waals surface area contributed by atoms with Crippen LogP contribution in [0.15, 0.2) is 0 Å². The van der Waals surface area contributed by atoms with Crippen LogP contribution >= 0.6 is 12.4 Å². The third-order valence-electron chi connectivity index (χ3n) is 4.43. The van der Waals surface area contributed by atoms with Gasteiger partial charge in [0.25, 0.3) is 0 Å². The van der Waals surface area contributed by atoms with E-state index in [1.165, 1.54) is 19.3 Å². The molecule has 1 N–H and O–H groups in total. The lowest BCUT2D eigenvalue weighted by atomic mass is 9.92. The molecule has 2 aliphatic rings. The molecule has 2 heterocycles. The fourth-order valence-electron chi connectivity index (χ4n) is 3.20. The molecular weight excluding hydrogens is 248 g/mol. The Morgan fingerprint density at radius 1 is 1.33 bits per heavy atom. The Hall–Kier alpha value is -0.280. The predicted octanol–water partition coefficient (Wildman–Crippen LogP) is 2.59. The molecule has 0 aromatic heterocycles. The number of carbonyl (C=O) groups is 1. The number of nitrogens with zero attached hydrogens (tertiary/aromatic N) is 1. The number of likely N-dealkylation sites (tertiary alicyclic amines) is 1. The van der Waals surface area contributed by atoms with E-state index in [0.29, 0.717) is 5.91 Å². The van der Waals surface area contributed by atoms with E-state index in [9.17, 15) is 4.79 Å². The lowest BCUT2D eigenvalue weighted by molar-refractivity contribution is -0.134. The molecule has 2 saturated heterocycles. The van der Waals surface area contributed by atoms with E-state index in [1.54, 1.807) is 0 Å². The van der Waals surface area contributed by atoms with Crippen LogP contribution in [0.2, 0.25) is 0 Å². The minimum atomic E-state index is 0. The summed E-state index contributed by atoms with van der Waals surface area (Å²) in [5.41, 5.74) is 0.102. The molecule has 3 nitrogen and oxygen atoms in total. The van der Waals surface area contributed by atoms with E-state index in [-0.39, 0.29) is 17.9 Å². The van der Waals surface area contributed by atoms with Gasteiger partial charge in [-0.1, -0.05) is 0 Å². The summed E-state index contributed by atoms with van der Waals surface area (Å²) in [6.45, 7) is 7.63. The van der Waals surface area contributed by atoms with Crippen molar-refractivity contribution in [1.82, 2.24) is 10.2 Å². The number of amides is 1. The van der Waals surface area contributed by atoms with Crippen LogP contribution in [-0.4, -0.2) is 36.0 Å². The fraction of sp³-hybridized carbons (Fsp3) is 0.929. The topological polar surface area (TPSA) is 32.3 Å². The SMILES string of the molecule is CC1(C)CCCN1C(=O)CCC1CCNCC1.Cl. The Bertz CT molecular complexity index is 275. The average molecular weight is 275 g/mol. The smallest absolute Gasteiger partial charge is 0.223 e. The normalized spacial score (nSPS) is 23.8. The highest BCUT2D eigenvalue weighted by atomic mass is 35.5. The average Bonchev–Trinajstić information content (AvgIpc) is 2.67. The van der Waals surface area contributed by atoms with Gasteiger partial charge in [0.2, 0.25) is 5.91 Å². The number of piperidine rings is 1. The molecule has 0 aliphatic carbocycles. The van der Waals surface area contributed by atoms with Gasteiger partial charge in [-0.2, -0.15) is 0 Å². The zero-order valence-corrected chi connectivity index (χ0v) is 12.5. The predicted molar refractivity (Wildman–Crippen MR) is 77.1 cm³/mol. The molecule has 0 aromatic rings. The van der Waals surface area contributed by atoms with E-state index in [2.05, 4.69) is 24.1 Å². The highest BCUT2D eigenvalue weighted by Gasteiger charge is 2.35. The number of hydrogen-bond acceptors (Lipinski definition) is 2. The molecule has 0 atom stereocenters. The van der Waals surface area contributed by atoms with E-state index < -0.39 is 0 Å². The van der Waals surface area contributed by atoms with Crippen LogP contribution < -0.4 is 5.32 Å². The molecule has 106 valence electrons. The second-order valence-electron chi connectivity index (χ2n) is 6.19. The van der Waals surface area contributed by atoms with E-state index in [1.807, 2.05) is 0 Å². The molecule has 0 radical (unpaired) electrons. The van der Waals surface area contributed by atoms with Gasteiger partial charge >= 0.3 is 0 Å². The van der Waals surface area contributed by atoms with Crippen molar-refractivity contribution in [3.05, 3.63) is 0 Å². The highest BCUT2D eigenvalue weighted by Crippen LogP contribution is 2.29. The third-order valence-corrected chi connectivity index (χ3v) is 4.43. The summed E-state index contributed by atoms with van der Waals surface area (Å²) in [4.78, 5) is 14.3. The van der Waals surface area contributed by atoms with Gasteiger partial charge < -0.3 is 10.2 Å². The first kappa shape index (κ1) is 15.8. The largest absolute Gasteiger partial charge is 0.338 e. The molecule has 0 saturated carbocycles. The Kier molecular flexibility index (Phi) is 5.93. The number of hydrogen-bond donors (Lipinski definition) is 1. The van der Waals surface area contributed by atoms with Gasteiger partial charge in [-0.15, -0.1) is 12.4 Å². The Morgan fingerprint density at radius 2 is 2.00 bits per heavy atom. The molecule has 18 heavy (non-hydrogen) atoms. The standard InChI is InChI=1S/C14H26N2O.ClH/c1-14(2)8-3-11-16(14)13(17)5-4-12-6-9-15-10-7-12;/h12,15H,3-11H2,1-2H3;1H. The molecule has 4 heteroatoms. The van der Waals surface area contributed by atoms with Crippen molar-refractivity contribution in [3.63, 3.8) is 0 Å². The number of rotatable bonds is 3. The van der Waals surface area contributed by atoms with Crippen LogP contribution in [-0.2, 0) is 4.79 Å². The van der Waals surface area contributed by atoms with Gasteiger partial charge in [0, 0.05) is 18.5 Å². The van der Waals surface area contributed by atoms with Crippen LogP contribution in [0.3, 0.4) is 0 Å². The van der Waals surface area contributed by atoms with Gasteiger partial charge in [-0.3, -0.25) is 4.79 Å². The summed E-state index contributed by atoms with van der Waals surface area (Å²) < 4.78 is 0. The molecule has 0 bridgehead atoms. The summed E-state index contributed by atoms with van der Waals surface area (Å²) in [6, 6.07) is 0. The van der Waals surface area contributed by atoms with Crippen molar-refractivity contribution in [2.24, 2.45) is 5.92 Å². The lowest BCUT2D eigenvalue weighted by Gasteiger charge is -2.32. The maximum Gasteiger partial charge on any atom is 0.223 e. The molecule has 2 rings (SSSR count). The first-order valence-corrected chi connectivity index (χ1v) is 7.11. The van der Waals surface area contributed by atoms with Crippen molar-refractivity contribution in [2.45, 2.75) is 57.9 Å². The zero-order chi connectivity index (χ0) is 12.3. The minimum Gasteiger partial charge on any atom is -0.338 e. The van der Waals surface area contributed by atoms with Crippen LogP contribution in [0.5, 0.6) is 0 Å². The molecular formula is C14H27ClN2O. The maximum absolute atomic E-state index is 12.2.